The fourth-order valence-corrected chi connectivity index (χ4v) is 7.54. The summed E-state index contributed by atoms with van der Waals surface area (Å²) in [6.07, 6.45) is -8.42. The molecule has 19 nitrogen and oxygen atoms in total. The SMILES string of the molecule is COC(=O)[C@H]1O[C@@H](Oc2ccc(COC(=O)Oc3ccc([N+](=O)[O-])cc3)c(CCCCNC(=O)OCC3c4ccccc4-c4ccccc43)c2)[C@H](OC(C)=O)[C@@H](OC(C)=O)[C@@H]1OC(C)=O. The number of fused-ring (bicyclic) bond motifs is 3. The van der Waals surface area contributed by atoms with Crippen molar-refractivity contribution in [1.82, 2.24) is 5.32 Å². The number of nitro groups is 1. The van der Waals surface area contributed by atoms with Crippen LogP contribution in [0.3, 0.4) is 0 Å². The Kier molecular flexibility index (Phi) is 15.7. The summed E-state index contributed by atoms with van der Waals surface area (Å²) >= 11 is 0. The Bertz CT molecular complexity index is 2360. The van der Waals surface area contributed by atoms with Crippen LogP contribution in [-0.2, 0) is 65.4 Å². The van der Waals surface area contributed by atoms with Gasteiger partial charge in [0.05, 0.1) is 12.0 Å². The molecule has 1 fully saturated rings. The molecule has 0 saturated carbocycles. The first-order valence-electron chi connectivity index (χ1n) is 20.4. The highest BCUT2D eigenvalue weighted by Gasteiger charge is 2.56. The fraction of sp³-hybridized carbons (Fsp3) is 0.348. The normalized spacial score (nSPS) is 18.4. The Labute approximate surface area is 372 Å². The summed E-state index contributed by atoms with van der Waals surface area (Å²) < 4.78 is 49.4. The lowest BCUT2D eigenvalue weighted by Crippen LogP contribution is -2.64. The number of hydrogen-bond acceptors (Lipinski definition) is 17. The summed E-state index contributed by atoms with van der Waals surface area (Å²) in [6, 6.07) is 25.5. The molecule has 0 spiro atoms. The van der Waals surface area contributed by atoms with Gasteiger partial charge in [-0.05, 0) is 76.9 Å². The third kappa shape index (κ3) is 12.1. The monoisotopic (exact) mass is 898 g/mol. The van der Waals surface area contributed by atoms with Crippen LogP contribution in [0, 0.1) is 10.1 Å². The standard InChI is InChI=1S/C46H46N2O17/c1-26(49)60-39-40(61-27(2)50)42(62-28(3)51)44(65-41(39)43(52)57-4)63-33-19-16-30(24-59-46(54)64-32-20-17-31(18-21-32)48(55)56)29(23-33)11-9-10-22-47-45(53)58-25-38-36-14-7-5-12-34(36)35-13-6-8-15-37(35)38/h5-8,12-21,23,38-42,44H,9-11,22,24-25H2,1-4H3,(H,47,53)/t39-,40-,41-,42+,44+/m0/s1. The molecule has 1 N–H and O–H groups in total. The summed E-state index contributed by atoms with van der Waals surface area (Å²) in [7, 11) is 1.06. The molecule has 65 heavy (non-hydrogen) atoms. The van der Waals surface area contributed by atoms with Crippen LogP contribution in [0.5, 0.6) is 11.5 Å². The lowest BCUT2D eigenvalue weighted by Gasteiger charge is -2.43. The Hall–Kier alpha value is -7.54. The van der Waals surface area contributed by atoms with Gasteiger partial charge in [-0.3, -0.25) is 24.5 Å². The number of unbranched alkanes of at least 4 members (excludes halogenated alkanes) is 1. The summed E-state index contributed by atoms with van der Waals surface area (Å²) in [6.45, 7) is 3.32. The number of hydrogen-bond donors (Lipinski definition) is 1. The average molecular weight is 899 g/mol. The number of aryl methyl sites for hydroxylation is 1. The van der Waals surface area contributed by atoms with E-state index < -0.39 is 71.8 Å². The average Bonchev–Trinajstić information content (AvgIpc) is 3.59. The molecule has 1 saturated heterocycles. The molecular weight excluding hydrogens is 853 g/mol. The summed E-state index contributed by atoms with van der Waals surface area (Å²) in [4.78, 5) is 85.6. The number of non-ortho nitro benzene ring substituents is 1. The Balaban J connectivity index is 1.15. The van der Waals surface area contributed by atoms with Crippen molar-refractivity contribution in [3.8, 4) is 22.6 Å². The van der Waals surface area contributed by atoms with E-state index in [-0.39, 0.29) is 42.9 Å². The first-order chi connectivity index (χ1) is 31.2. The van der Waals surface area contributed by atoms with Gasteiger partial charge in [0, 0.05) is 45.4 Å². The summed E-state index contributed by atoms with van der Waals surface area (Å²) in [5.41, 5.74) is 5.28. The third-order valence-corrected chi connectivity index (χ3v) is 10.3. The van der Waals surface area contributed by atoms with Gasteiger partial charge in [0.2, 0.25) is 12.4 Å². The number of carbonyl (C=O) groups excluding carboxylic acids is 6. The maximum atomic E-state index is 12.9. The molecule has 0 radical (unpaired) electrons. The second-order valence-corrected chi connectivity index (χ2v) is 14.8. The van der Waals surface area contributed by atoms with E-state index in [2.05, 4.69) is 5.32 Å². The molecule has 0 aromatic heterocycles. The maximum Gasteiger partial charge on any atom is 0.514 e. The number of rotatable bonds is 17. The van der Waals surface area contributed by atoms with Gasteiger partial charge in [-0.1, -0.05) is 54.6 Å². The minimum atomic E-state index is -1.69. The van der Waals surface area contributed by atoms with Gasteiger partial charge >= 0.3 is 36.1 Å². The van der Waals surface area contributed by atoms with E-state index >= 15 is 0 Å². The van der Waals surface area contributed by atoms with Gasteiger partial charge in [0.25, 0.3) is 5.69 Å². The van der Waals surface area contributed by atoms with E-state index in [0.717, 1.165) is 50.1 Å². The first-order valence-corrected chi connectivity index (χ1v) is 20.4. The smallest absolute Gasteiger partial charge is 0.467 e. The van der Waals surface area contributed by atoms with Gasteiger partial charge in [0.1, 0.15) is 24.7 Å². The molecule has 6 rings (SSSR count). The Morgan fingerprint density at radius 1 is 0.708 bits per heavy atom. The number of nitro benzene ring substituents is 1. The van der Waals surface area contributed by atoms with Crippen molar-refractivity contribution in [2.75, 3.05) is 20.3 Å². The lowest BCUT2D eigenvalue weighted by molar-refractivity contribution is -0.384. The van der Waals surface area contributed by atoms with Gasteiger partial charge in [-0.15, -0.1) is 0 Å². The van der Waals surface area contributed by atoms with Crippen LogP contribution in [-0.4, -0.2) is 92.0 Å². The van der Waals surface area contributed by atoms with E-state index in [0.29, 0.717) is 30.4 Å². The molecule has 1 aliphatic heterocycles. The predicted molar refractivity (Wildman–Crippen MR) is 224 cm³/mol. The molecule has 0 unspecified atom stereocenters. The van der Waals surface area contributed by atoms with Crippen molar-refractivity contribution in [3.05, 3.63) is 123 Å². The van der Waals surface area contributed by atoms with Crippen molar-refractivity contribution < 1.29 is 76.3 Å². The second-order valence-electron chi connectivity index (χ2n) is 14.8. The van der Waals surface area contributed by atoms with Crippen molar-refractivity contribution in [2.24, 2.45) is 0 Å². The number of nitrogens with zero attached hydrogens (tertiary/aromatic N) is 1. The molecule has 5 atom stereocenters. The lowest BCUT2D eigenvalue weighted by atomic mass is 9.97. The van der Waals surface area contributed by atoms with Crippen LogP contribution in [0.1, 0.15) is 61.8 Å². The minimum Gasteiger partial charge on any atom is -0.467 e. The number of ether oxygens (including phenoxy) is 9. The zero-order chi connectivity index (χ0) is 46.6. The number of alkyl carbamates (subject to hydrolysis) is 1. The largest absolute Gasteiger partial charge is 0.514 e. The van der Waals surface area contributed by atoms with Crippen molar-refractivity contribution in [2.45, 2.75) is 83.3 Å². The van der Waals surface area contributed by atoms with E-state index in [4.69, 9.17) is 42.6 Å². The van der Waals surface area contributed by atoms with Gasteiger partial charge in [-0.2, -0.15) is 0 Å². The number of esters is 4. The summed E-state index contributed by atoms with van der Waals surface area (Å²) in [5, 5.41) is 13.8. The van der Waals surface area contributed by atoms with Crippen LogP contribution in [0.15, 0.2) is 91.0 Å². The first kappa shape index (κ1) is 47.0. The van der Waals surface area contributed by atoms with Crippen molar-refractivity contribution in [1.29, 1.82) is 0 Å². The second kappa shape index (κ2) is 21.7. The number of nitrogens with one attached hydrogen (secondary N) is 1. The predicted octanol–water partition coefficient (Wildman–Crippen LogP) is 6.24. The number of benzene rings is 4. The van der Waals surface area contributed by atoms with E-state index in [1.54, 1.807) is 12.1 Å². The molecule has 1 aliphatic carbocycles. The molecule has 342 valence electrons. The maximum absolute atomic E-state index is 12.9. The highest BCUT2D eigenvalue weighted by Crippen LogP contribution is 2.44. The third-order valence-electron chi connectivity index (χ3n) is 10.3. The van der Waals surface area contributed by atoms with Crippen LogP contribution in [0.25, 0.3) is 11.1 Å². The fourth-order valence-electron chi connectivity index (χ4n) is 7.54. The zero-order valence-electron chi connectivity index (χ0n) is 35.8. The van der Waals surface area contributed by atoms with Crippen molar-refractivity contribution in [3.63, 3.8) is 0 Å². The van der Waals surface area contributed by atoms with Gasteiger partial charge < -0.3 is 47.9 Å². The minimum absolute atomic E-state index is 0.0107. The molecule has 1 heterocycles. The zero-order valence-corrected chi connectivity index (χ0v) is 35.8. The van der Waals surface area contributed by atoms with Crippen LogP contribution in [0.4, 0.5) is 15.3 Å². The molecule has 4 aromatic rings. The van der Waals surface area contributed by atoms with Gasteiger partial charge in [0.15, 0.2) is 18.3 Å². The molecule has 2 aliphatic rings. The van der Waals surface area contributed by atoms with Crippen LogP contribution >= 0.6 is 0 Å². The van der Waals surface area contributed by atoms with Crippen LogP contribution < -0.4 is 14.8 Å². The molecule has 19 heteroatoms. The van der Waals surface area contributed by atoms with Crippen molar-refractivity contribution >= 4 is 41.8 Å². The quantitative estimate of drug-likeness (QED) is 0.0308. The topological polar surface area (TPSA) is 241 Å². The van der Waals surface area contributed by atoms with E-state index in [1.807, 2.05) is 48.5 Å². The molecular formula is C46H46N2O17. The highest BCUT2D eigenvalue weighted by atomic mass is 16.7. The Morgan fingerprint density at radius 2 is 1.31 bits per heavy atom. The number of carbonyl (C=O) groups is 6. The molecule has 4 aromatic carbocycles. The highest BCUT2D eigenvalue weighted by molar-refractivity contribution is 5.79. The molecule has 0 bridgehead atoms. The van der Waals surface area contributed by atoms with Crippen LogP contribution in [0.2, 0.25) is 0 Å². The van der Waals surface area contributed by atoms with E-state index in [9.17, 15) is 38.9 Å². The summed E-state index contributed by atoms with van der Waals surface area (Å²) in [5.74, 6) is -3.57. The Morgan fingerprint density at radius 3 is 1.92 bits per heavy atom. The van der Waals surface area contributed by atoms with E-state index in [1.165, 1.54) is 30.3 Å². The number of methoxy groups -OCH3 is 1. The number of amides is 1. The van der Waals surface area contributed by atoms with Gasteiger partial charge in [-0.25, -0.2) is 14.4 Å². The molecule has 1 amide bonds.